The van der Waals surface area contributed by atoms with Gasteiger partial charge in [-0.25, -0.2) is 0 Å². The number of carbonyl (C=O) groups excluding carboxylic acids is 2. The van der Waals surface area contributed by atoms with Gasteiger partial charge in [0.05, 0.1) is 11.2 Å². The first kappa shape index (κ1) is 18.8. The van der Waals surface area contributed by atoms with Gasteiger partial charge in [-0.2, -0.15) is 0 Å². The Kier molecular flexibility index (Phi) is 4.58. The van der Waals surface area contributed by atoms with E-state index in [9.17, 15) is 9.59 Å². The molecule has 156 valence electrons. The molecule has 0 saturated heterocycles. The highest BCUT2D eigenvalue weighted by Gasteiger charge is 2.32. The molecular formula is C21H18N6O4. The summed E-state index contributed by atoms with van der Waals surface area (Å²) >= 11 is 0. The normalized spacial score (nSPS) is 16.0. The van der Waals surface area contributed by atoms with Crippen molar-refractivity contribution in [3.05, 3.63) is 65.5 Å². The van der Waals surface area contributed by atoms with Gasteiger partial charge in [0.15, 0.2) is 5.69 Å². The number of aromatic amines is 1. The maximum atomic E-state index is 12.9. The Morgan fingerprint density at radius 3 is 2.94 bits per heavy atom. The number of fused-ring (bicyclic) bond motifs is 2. The number of hydrogen-bond acceptors (Lipinski definition) is 7. The van der Waals surface area contributed by atoms with Gasteiger partial charge in [-0.05, 0) is 11.6 Å². The Bertz CT molecular complexity index is 1270. The molecule has 2 aromatic heterocycles. The Morgan fingerprint density at radius 2 is 2.10 bits per heavy atom. The Morgan fingerprint density at radius 1 is 1.26 bits per heavy atom. The van der Waals surface area contributed by atoms with Crippen LogP contribution in [0.3, 0.4) is 0 Å². The molecule has 0 radical (unpaired) electrons. The van der Waals surface area contributed by atoms with Crippen LogP contribution in [0.2, 0.25) is 0 Å². The van der Waals surface area contributed by atoms with Crippen LogP contribution < -0.4 is 15.0 Å². The van der Waals surface area contributed by atoms with Gasteiger partial charge in [-0.15, -0.1) is 5.10 Å². The highest BCUT2D eigenvalue weighted by Crippen LogP contribution is 2.33. The Labute approximate surface area is 176 Å². The number of benzene rings is 2. The molecule has 1 aliphatic rings. The molecule has 5 rings (SSSR count). The Balaban J connectivity index is 1.31. The maximum Gasteiger partial charge on any atom is 0.274 e. The molecule has 0 bridgehead atoms. The zero-order valence-electron chi connectivity index (χ0n) is 16.5. The minimum atomic E-state index is -0.886. The molecule has 0 spiro atoms. The van der Waals surface area contributed by atoms with E-state index in [1.807, 2.05) is 30.3 Å². The van der Waals surface area contributed by atoms with Gasteiger partial charge in [0, 0.05) is 25.6 Å². The molecule has 0 aliphatic carbocycles. The first-order chi connectivity index (χ1) is 15.1. The third kappa shape index (κ3) is 3.59. The van der Waals surface area contributed by atoms with Crippen molar-refractivity contribution in [3.8, 4) is 5.75 Å². The number of nitrogens with zero attached hydrogens (tertiary/aromatic N) is 4. The molecule has 10 nitrogen and oxygen atoms in total. The number of anilines is 1. The van der Waals surface area contributed by atoms with E-state index in [1.165, 1.54) is 4.90 Å². The predicted molar refractivity (Wildman–Crippen MR) is 110 cm³/mol. The van der Waals surface area contributed by atoms with E-state index >= 15 is 0 Å². The first-order valence-electron chi connectivity index (χ1n) is 9.64. The second kappa shape index (κ2) is 7.56. The molecule has 0 saturated carbocycles. The van der Waals surface area contributed by atoms with Crippen LogP contribution in [-0.2, 0) is 11.2 Å². The van der Waals surface area contributed by atoms with Gasteiger partial charge in [-0.1, -0.05) is 40.7 Å². The summed E-state index contributed by atoms with van der Waals surface area (Å²) in [7, 11) is 1.62. The van der Waals surface area contributed by atoms with Crippen LogP contribution >= 0.6 is 0 Å². The zero-order valence-corrected chi connectivity index (χ0v) is 16.5. The summed E-state index contributed by atoms with van der Waals surface area (Å²) in [6.45, 7) is -0.0241. The van der Waals surface area contributed by atoms with Crippen molar-refractivity contribution >= 4 is 28.5 Å². The first-order valence-corrected chi connectivity index (χ1v) is 9.64. The lowest BCUT2D eigenvalue weighted by molar-refractivity contribution is -0.120. The van der Waals surface area contributed by atoms with Crippen LogP contribution in [0.5, 0.6) is 5.75 Å². The molecule has 0 fully saturated rings. The number of ether oxygens (including phenoxy) is 1. The lowest BCUT2D eigenvalue weighted by Gasteiger charge is -2.19. The zero-order chi connectivity index (χ0) is 21.4. The predicted octanol–water partition coefficient (Wildman–Crippen LogP) is 1.69. The number of hydrogen-bond donors (Lipinski definition) is 2. The topological polar surface area (TPSA) is 126 Å². The van der Waals surface area contributed by atoms with E-state index in [1.54, 1.807) is 25.2 Å². The monoisotopic (exact) mass is 418 g/mol. The smallest absolute Gasteiger partial charge is 0.274 e. The number of rotatable bonds is 4. The quantitative estimate of drug-likeness (QED) is 0.516. The minimum Gasteiger partial charge on any atom is -0.489 e. The van der Waals surface area contributed by atoms with Crippen LogP contribution in [0.25, 0.3) is 11.0 Å². The maximum absolute atomic E-state index is 12.9. The fraction of sp³-hybridized carbons (Fsp3) is 0.190. The highest BCUT2D eigenvalue weighted by molar-refractivity contribution is 6.03. The van der Waals surface area contributed by atoms with Crippen molar-refractivity contribution < 1.29 is 18.8 Å². The lowest BCUT2D eigenvalue weighted by Crippen LogP contribution is -2.49. The van der Waals surface area contributed by atoms with Gasteiger partial charge in [0.1, 0.15) is 29.7 Å². The summed E-state index contributed by atoms with van der Waals surface area (Å²) in [6.07, 6.45) is 0.515. The SMILES string of the molecule is CN1C(=O)[C@@H](NC(=O)c2cc(Cc3ccccc3)on2)COc2cc3[nH]nnc3cc21. The third-order valence-corrected chi connectivity index (χ3v) is 5.12. The second-order valence-electron chi connectivity index (χ2n) is 7.22. The molecule has 10 heteroatoms. The minimum absolute atomic E-state index is 0.0241. The van der Waals surface area contributed by atoms with E-state index in [0.29, 0.717) is 34.7 Å². The van der Waals surface area contributed by atoms with E-state index in [0.717, 1.165) is 5.56 Å². The molecule has 2 N–H and O–H groups in total. The summed E-state index contributed by atoms with van der Waals surface area (Å²) < 4.78 is 11.1. The van der Waals surface area contributed by atoms with Gasteiger partial charge < -0.3 is 19.5 Å². The van der Waals surface area contributed by atoms with Crippen molar-refractivity contribution in [3.63, 3.8) is 0 Å². The van der Waals surface area contributed by atoms with E-state index in [-0.39, 0.29) is 18.2 Å². The number of likely N-dealkylation sites (N-methyl/N-ethyl adjacent to an activating group) is 1. The van der Waals surface area contributed by atoms with Gasteiger partial charge in [0.2, 0.25) is 0 Å². The largest absolute Gasteiger partial charge is 0.489 e. The van der Waals surface area contributed by atoms with Crippen molar-refractivity contribution in [2.75, 3.05) is 18.6 Å². The van der Waals surface area contributed by atoms with E-state index in [4.69, 9.17) is 9.26 Å². The standard InChI is InChI=1S/C21H18N6O4/c1-27-18-9-14-15(24-26-23-14)10-19(18)30-11-17(21(27)29)22-20(28)16-8-13(31-25-16)7-12-5-3-2-4-6-12/h2-6,8-10,17H,7,11H2,1H3,(H,22,28)(H,23,24,26)/t17-/m0/s1. The molecule has 3 heterocycles. The van der Waals surface area contributed by atoms with Crippen molar-refractivity contribution in [1.82, 2.24) is 25.9 Å². The summed E-state index contributed by atoms with van der Waals surface area (Å²) in [5.41, 5.74) is 2.99. The van der Waals surface area contributed by atoms with Crippen LogP contribution in [-0.4, -0.2) is 52.1 Å². The molecule has 4 aromatic rings. The van der Waals surface area contributed by atoms with Gasteiger partial charge in [0.25, 0.3) is 11.8 Å². The molecule has 1 atom stereocenters. The fourth-order valence-electron chi connectivity index (χ4n) is 3.47. The van der Waals surface area contributed by atoms with E-state index in [2.05, 4.69) is 25.9 Å². The van der Waals surface area contributed by atoms with Gasteiger partial charge in [-0.3, -0.25) is 14.7 Å². The van der Waals surface area contributed by atoms with Crippen LogP contribution in [0.15, 0.2) is 53.1 Å². The molecule has 0 unspecified atom stereocenters. The Hall–Kier alpha value is -4.21. The average molecular weight is 418 g/mol. The van der Waals surface area contributed by atoms with Crippen molar-refractivity contribution in [2.45, 2.75) is 12.5 Å². The number of nitrogens with one attached hydrogen (secondary N) is 2. The summed E-state index contributed by atoms with van der Waals surface area (Å²) in [6, 6.07) is 13.8. The van der Waals surface area contributed by atoms with Crippen LogP contribution in [0, 0.1) is 0 Å². The van der Waals surface area contributed by atoms with Gasteiger partial charge >= 0.3 is 0 Å². The molecule has 2 amide bonds. The second-order valence-corrected chi connectivity index (χ2v) is 7.22. The third-order valence-electron chi connectivity index (χ3n) is 5.12. The van der Waals surface area contributed by atoms with Crippen molar-refractivity contribution in [1.29, 1.82) is 0 Å². The summed E-state index contributed by atoms with van der Waals surface area (Å²) in [4.78, 5) is 27.1. The molecular weight excluding hydrogens is 400 g/mol. The van der Waals surface area contributed by atoms with Crippen molar-refractivity contribution in [2.24, 2.45) is 0 Å². The highest BCUT2D eigenvalue weighted by atomic mass is 16.5. The fourth-order valence-corrected chi connectivity index (χ4v) is 3.47. The molecule has 1 aliphatic heterocycles. The number of aromatic nitrogens is 4. The lowest BCUT2D eigenvalue weighted by atomic mass is 10.1. The molecule has 2 aromatic carbocycles. The summed E-state index contributed by atoms with van der Waals surface area (Å²) in [5.74, 6) is 0.225. The average Bonchev–Trinajstić information content (AvgIpc) is 3.42. The van der Waals surface area contributed by atoms with Crippen LogP contribution in [0.1, 0.15) is 21.8 Å². The molecule has 31 heavy (non-hydrogen) atoms. The number of amides is 2. The number of H-pyrrole nitrogens is 1. The number of carbonyl (C=O) groups is 2. The van der Waals surface area contributed by atoms with Crippen LogP contribution in [0.4, 0.5) is 5.69 Å². The summed E-state index contributed by atoms with van der Waals surface area (Å²) in [5, 5.41) is 17.0. The van der Waals surface area contributed by atoms with E-state index < -0.39 is 11.9 Å².